The summed E-state index contributed by atoms with van der Waals surface area (Å²) in [5, 5.41) is 10.3. The molecule has 2 N–H and O–H groups in total. The zero-order chi connectivity index (χ0) is 20.4. The number of rotatable bonds is 6. The Bertz CT molecular complexity index is 784. The summed E-state index contributed by atoms with van der Waals surface area (Å²) in [5.74, 6) is -3.44. The Morgan fingerprint density at radius 2 is 2.04 bits per heavy atom. The van der Waals surface area contributed by atoms with Crippen LogP contribution in [0.2, 0.25) is 0 Å². The number of carboxylic acids is 1. The van der Waals surface area contributed by atoms with Gasteiger partial charge in [0.1, 0.15) is 6.04 Å². The molecule has 0 saturated carbocycles. The van der Waals surface area contributed by atoms with Gasteiger partial charge in [-0.1, -0.05) is 6.07 Å². The van der Waals surface area contributed by atoms with Gasteiger partial charge < -0.3 is 10.4 Å². The van der Waals surface area contributed by atoms with Gasteiger partial charge in [-0.25, -0.2) is 9.69 Å². The van der Waals surface area contributed by atoms with E-state index in [0.717, 1.165) is 30.8 Å². The normalized spacial score (nSPS) is 18.5. The van der Waals surface area contributed by atoms with Crippen LogP contribution in [0.5, 0.6) is 0 Å². The van der Waals surface area contributed by atoms with E-state index >= 15 is 0 Å². The van der Waals surface area contributed by atoms with E-state index in [4.69, 9.17) is 5.11 Å². The molecule has 27 heavy (non-hydrogen) atoms. The van der Waals surface area contributed by atoms with Crippen molar-refractivity contribution >= 4 is 41.1 Å². The molecule has 1 aliphatic rings. The smallest absolute Gasteiger partial charge is 0.416 e. The van der Waals surface area contributed by atoms with E-state index in [9.17, 15) is 32.3 Å². The number of nitrogens with one attached hydrogen (secondary N) is 1. The Hall–Kier alpha value is -2.56. The average molecular weight is 404 g/mol. The van der Waals surface area contributed by atoms with Gasteiger partial charge >= 0.3 is 12.1 Å². The van der Waals surface area contributed by atoms with Crippen LogP contribution in [-0.4, -0.2) is 45.8 Å². The van der Waals surface area contributed by atoms with Crippen molar-refractivity contribution in [3.8, 4) is 0 Å². The fourth-order valence-corrected chi connectivity index (χ4v) is 3.62. The van der Waals surface area contributed by atoms with Crippen LogP contribution in [0.1, 0.15) is 18.9 Å². The number of thioether (sulfide) groups is 1. The number of alkyl halides is 3. The summed E-state index contributed by atoms with van der Waals surface area (Å²) >= 11 is 0.853. The predicted molar refractivity (Wildman–Crippen MR) is 90.0 cm³/mol. The summed E-state index contributed by atoms with van der Waals surface area (Å²) in [6.07, 6.45) is -4.89. The number of anilines is 1. The molecule has 1 aromatic rings. The van der Waals surface area contributed by atoms with Crippen LogP contribution in [0.25, 0.3) is 0 Å². The van der Waals surface area contributed by atoms with E-state index < -0.39 is 46.7 Å². The number of amides is 3. The number of nitrogens with zero attached hydrogens (tertiary/aromatic N) is 1. The van der Waals surface area contributed by atoms with Gasteiger partial charge in [0, 0.05) is 19.1 Å². The van der Waals surface area contributed by atoms with Crippen molar-refractivity contribution in [2.75, 3.05) is 10.7 Å². The van der Waals surface area contributed by atoms with Crippen molar-refractivity contribution in [2.45, 2.75) is 30.8 Å². The zero-order valence-corrected chi connectivity index (χ0v) is 14.8. The SMILES string of the molecule is CC(=O)NC(CSC1CC(=O)N(c2cccc(C(F)(F)F)c2)C1=O)C(=O)O. The maximum Gasteiger partial charge on any atom is 0.416 e. The van der Waals surface area contributed by atoms with E-state index in [0.29, 0.717) is 11.0 Å². The Morgan fingerprint density at radius 1 is 1.37 bits per heavy atom. The number of halogens is 3. The highest BCUT2D eigenvalue weighted by Gasteiger charge is 2.41. The molecular weight excluding hydrogens is 389 g/mol. The van der Waals surface area contributed by atoms with Gasteiger partial charge in [0.25, 0.3) is 0 Å². The first-order valence-electron chi connectivity index (χ1n) is 7.66. The number of hydrogen-bond acceptors (Lipinski definition) is 5. The first kappa shape index (κ1) is 20.7. The molecule has 11 heteroatoms. The van der Waals surface area contributed by atoms with Crippen LogP contribution < -0.4 is 10.2 Å². The van der Waals surface area contributed by atoms with Gasteiger partial charge in [0.05, 0.1) is 16.5 Å². The number of benzene rings is 1. The highest BCUT2D eigenvalue weighted by atomic mass is 32.2. The Balaban J connectivity index is 2.13. The van der Waals surface area contributed by atoms with Gasteiger partial charge in [-0.3, -0.25) is 14.4 Å². The lowest BCUT2D eigenvalue weighted by Crippen LogP contribution is -2.42. The molecule has 3 amide bonds. The van der Waals surface area contributed by atoms with Crippen LogP contribution in [0, 0.1) is 0 Å². The number of carbonyl (C=O) groups excluding carboxylic acids is 3. The molecule has 1 aromatic carbocycles. The third-order valence-electron chi connectivity index (χ3n) is 3.68. The lowest BCUT2D eigenvalue weighted by Gasteiger charge is -2.17. The largest absolute Gasteiger partial charge is 0.480 e. The summed E-state index contributed by atoms with van der Waals surface area (Å²) in [5.41, 5.74) is -1.19. The monoisotopic (exact) mass is 404 g/mol. The summed E-state index contributed by atoms with van der Waals surface area (Å²) in [6, 6.07) is 2.59. The van der Waals surface area contributed by atoms with Gasteiger partial charge in [-0.15, -0.1) is 11.8 Å². The molecule has 2 unspecified atom stereocenters. The molecule has 0 bridgehead atoms. The van der Waals surface area contributed by atoms with Gasteiger partial charge in [0.2, 0.25) is 17.7 Å². The molecule has 1 saturated heterocycles. The fraction of sp³-hybridized carbons (Fsp3) is 0.375. The lowest BCUT2D eigenvalue weighted by molar-refractivity contribution is -0.140. The molecule has 2 rings (SSSR count). The van der Waals surface area contributed by atoms with Crippen LogP contribution in [0.4, 0.5) is 18.9 Å². The molecule has 146 valence electrons. The van der Waals surface area contributed by atoms with Crippen molar-refractivity contribution in [3.05, 3.63) is 29.8 Å². The molecule has 2 atom stereocenters. The first-order valence-corrected chi connectivity index (χ1v) is 8.71. The van der Waals surface area contributed by atoms with E-state index in [1.165, 1.54) is 6.07 Å². The summed E-state index contributed by atoms with van der Waals surface area (Å²) in [6.45, 7) is 1.14. The standard InChI is InChI=1S/C16H15F3N2O5S/c1-8(22)20-11(15(25)26)7-27-12-6-13(23)21(14(12)24)10-4-2-3-9(5-10)16(17,18)19/h2-5,11-12H,6-7H2,1H3,(H,20,22)(H,25,26). The number of hydrogen-bond donors (Lipinski definition) is 2. The second-order valence-electron chi connectivity index (χ2n) is 5.73. The van der Waals surface area contributed by atoms with Crippen molar-refractivity contribution < 1.29 is 37.5 Å². The predicted octanol–water partition coefficient (Wildman–Crippen LogP) is 1.66. The van der Waals surface area contributed by atoms with Crippen molar-refractivity contribution in [3.63, 3.8) is 0 Å². The van der Waals surface area contributed by atoms with E-state index in [1.54, 1.807) is 0 Å². The van der Waals surface area contributed by atoms with E-state index in [1.807, 2.05) is 0 Å². The minimum absolute atomic E-state index is 0.172. The number of carboxylic acid groups (broad SMARTS) is 1. The molecule has 1 fully saturated rings. The molecule has 7 nitrogen and oxygen atoms in total. The molecule has 0 aliphatic carbocycles. The van der Waals surface area contributed by atoms with Gasteiger partial charge in [-0.2, -0.15) is 13.2 Å². The minimum Gasteiger partial charge on any atom is -0.480 e. The van der Waals surface area contributed by atoms with Crippen molar-refractivity contribution in [1.82, 2.24) is 5.32 Å². The maximum atomic E-state index is 12.8. The summed E-state index contributed by atoms with van der Waals surface area (Å²) in [4.78, 5) is 47.4. The Kier molecular flexibility index (Phi) is 6.14. The van der Waals surface area contributed by atoms with Gasteiger partial charge in [0.15, 0.2) is 0 Å². The third-order valence-corrected chi connectivity index (χ3v) is 4.97. The number of carbonyl (C=O) groups is 4. The van der Waals surface area contributed by atoms with E-state index in [2.05, 4.69) is 5.32 Å². The van der Waals surface area contributed by atoms with Crippen LogP contribution in [0.15, 0.2) is 24.3 Å². The summed E-state index contributed by atoms with van der Waals surface area (Å²) in [7, 11) is 0. The molecule has 0 radical (unpaired) electrons. The van der Waals surface area contributed by atoms with Gasteiger partial charge in [-0.05, 0) is 18.2 Å². The van der Waals surface area contributed by atoms with Crippen LogP contribution >= 0.6 is 11.8 Å². The Morgan fingerprint density at radius 3 is 2.59 bits per heavy atom. The number of aliphatic carboxylic acids is 1. The zero-order valence-electron chi connectivity index (χ0n) is 13.9. The molecule has 1 aliphatic heterocycles. The quantitative estimate of drug-likeness (QED) is 0.699. The number of imide groups is 1. The summed E-state index contributed by atoms with van der Waals surface area (Å²) < 4.78 is 38.5. The molecule has 0 spiro atoms. The average Bonchev–Trinajstić information content (AvgIpc) is 2.84. The second-order valence-corrected chi connectivity index (χ2v) is 6.97. The molecule has 1 heterocycles. The highest BCUT2D eigenvalue weighted by molar-refractivity contribution is 8.00. The fourth-order valence-electron chi connectivity index (χ4n) is 2.46. The topological polar surface area (TPSA) is 104 Å². The highest BCUT2D eigenvalue weighted by Crippen LogP contribution is 2.34. The minimum atomic E-state index is -4.62. The molecule has 0 aromatic heterocycles. The van der Waals surface area contributed by atoms with Crippen molar-refractivity contribution in [2.24, 2.45) is 0 Å². The third kappa shape index (κ3) is 5.00. The van der Waals surface area contributed by atoms with E-state index in [-0.39, 0.29) is 17.9 Å². The Labute approximate surface area is 155 Å². The van der Waals surface area contributed by atoms with Crippen LogP contribution in [0.3, 0.4) is 0 Å². The first-order chi connectivity index (χ1) is 12.5. The maximum absolute atomic E-state index is 12.8. The molecular formula is C16H15F3N2O5S. The second kappa shape index (κ2) is 7.99. The van der Waals surface area contributed by atoms with Crippen LogP contribution in [-0.2, 0) is 25.4 Å². The lowest BCUT2D eigenvalue weighted by atomic mass is 10.2. The van der Waals surface area contributed by atoms with Crippen molar-refractivity contribution in [1.29, 1.82) is 0 Å².